The van der Waals surface area contributed by atoms with Crippen molar-refractivity contribution in [2.45, 2.75) is 75.8 Å². The molecule has 2 N–H and O–H groups in total. The van der Waals surface area contributed by atoms with E-state index in [2.05, 4.69) is 10.6 Å². The van der Waals surface area contributed by atoms with Crippen molar-refractivity contribution in [2.75, 3.05) is 13.1 Å². The molecule has 4 bridgehead atoms. The summed E-state index contributed by atoms with van der Waals surface area (Å²) >= 11 is 0. The number of amides is 3. The lowest BCUT2D eigenvalue weighted by Gasteiger charge is -2.57. The zero-order valence-corrected chi connectivity index (χ0v) is 15.1. The van der Waals surface area contributed by atoms with Gasteiger partial charge in [-0.1, -0.05) is 0 Å². The molecule has 0 aromatic heterocycles. The maximum absolute atomic E-state index is 12.9. The highest BCUT2D eigenvalue weighted by Crippen LogP contribution is 2.55. The average Bonchev–Trinajstić information content (AvgIpc) is 3.37. The molecule has 5 aliphatic carbocycles. The molecule has 3 amide bonds. The Balaban J connectivity index is 1.15. The van der Waals surface area contributed by atoms with E-state index in [1.54, 1.807) is 0 Å². The van der Waals surface area contributed by atoms with Gasteiger partial charge in [-0.3, -0.25) is 4.79 Å². The summed E-state index contributed by atoms with van der Waals surface area (Å²) in [6.07, 6.45) is 11.7. The standard InChI is InChI=1S/C20H31N3O2/c24-18(16-3-5-23(6-4-16)19(25)21-17-1-2-17)22-20-10-13-7-14(11-20)9-15(8-13)12-20/h13-17H,1-12H2,(H,21,25)(H,22,24). The van der Waals surface area contributed by atoms with Crippen LogP contribution in [-0.2, 0) is 4.79 Å². The Morgan fingerprint density at radius 3 is 1.92 bits per heavy atom. The number of hydrogen-bond donors (Lipinski definition) is 2. The first-order valence-electron chi connectivity index (χ1n) is 10.5. The second kappa shape index (κ2) is 5.88. The third kappa shape index (κ3) is 3.15. The van der Waals surface area contributed by atoms with Gasteiger partial charge >= 0.3 is 6.03 Å². The fourth-order valence-corrected chi connectivity index (χ4v) is 6.47. The van der Waals surface area contributed by atoms with Gasteiger partial charge in [0.1, 0.15) is 0 Å². The van der Waals surface area contributed by atoms with Crippen molar-refractivity contribution in [2.24, 2.45) is 23.7 Å². The number of nitrogens with one attached hydrogen (secondary N) is 2. The molecular formula is C20H31N3O2. The molecule has 0 unspecified atom stereocenters. The van der Waals surface area contributed by atoms with E-state index in [4.69, 9.17) is 0 Å². The topological polar surface area (TPSA) is 61.4 Å². The molecule has 0 aromatic rings. The van der Waals surface area contributed by atoms with Gasteiger partial charge in [0.2, 0.25) is 5.91 Å². The molecule has 1 saturated heterocycles. The number of piperidine rings is 1. The minimum atomic E-state index is 0.0717. The molecule has 0 radical (unpaired) electrons. The van der Waals surface area contributed by atoms with Crippen molar-refractivity contribution in [3.63, 3.8) is 0 Å². The molecule has 0 spiro atoms. The van der Waals surface area contributed by atoms with E-state index in [0.717, 1.165) is 56.5 Å². The summed E-state index contributed by atoms with van der Waals surface area (Å²) in [5, 5.41) is 6.58. The molecule has 5 saturated carbocycles. The van der Waals surface area contributed by atoms with Crippen LogP contribution in [0.5, 0.6) is 0 Å². The van der Waals surface area contributed by atoms with E-state index in [1.165, 1.54) is 38.5 Å². The minimum absolute atomic E-state index is 0.0717. The molecule has 6 rings (SSSR count). The predicted octanol–water partition coefficient (Wildman–Crippen LogP) is 2.66. The van der Waals surface area contributed by atoms with E-state index in [1.807, 2.05) is 4.90 Å². The second-order valence-corrected chi connectivity index (χ2v) is 9.67. The highest BCUT2D eigenvalue weighted by molar-refractivity contribution is 5.80. The number of likely N-dealkylation sites (tertiary alicyclic amines) is 1. The number of carbonyl (C=O) groups is 2. The Hall–Kier alpha value is -1.26. The molecule has 5 nitrogen and oxygen atoms in total. The second-order valence-electron chi connectivity index (χ2n) is 9.67. The van der Waals surface area contributed by atoms with Crippen molar-refractivity contribution in [1.82, 2.24) is 15.5 Å². The lowest BCUT2D eigenvalue weighted by molar-refractivity contribution is -0.132. The molecule has 6 fully saturated rings. The Bertz CT molecular complexity index is 528. The van der Waals surface area contributed by atoms with Crippen LogP contribution in [-0.4, -0.2) is 41.5 Å². The fraction of sp³-hybridized carbons (Fsp3) is 0.900. The highest BCUT2D eigenvalue weighted by atomic mass is 16.2. The Morgan fingerprint density at radius 2 is 1.40 bits per heavy atom. The summed E-state index contributed by atoms with van der Waals surface area (Å²) in [5.74, 6) is 2.95. The first kappa shape index (κ1) is 16.0. The van der Waals surface area contributed by atoms with Crippen LogP contribution in [0.15, 0.2) is 0 Å². The lowest BCUT2D eigenvalue weighted by atomic mass is 9.53. The number of carbonyl (C=O) groups excluding carboxylic acids is 2. The van der Waals surface area contributed by atoms with Crippen LogP contribution in [0.4, 0.5) is 4.79 Å². The smallest absolute Gasteiger partial charge is 0.317 e. The Morgan fingerprint density at radius 1 is 0.840 bits per heavy atom. The molecule has 6 aliphatic rings. The predicted molar refractivity (Wildman–Crippen MR) is 94.9 cm³/mol. The van der Waals surface area contributed by atoms with Crippen molar-refractivity contribution < 1.29 is 9.59 Å². The molecule has 1 aliphatic heterocycles. The number of nitrogens with zero attached hydrogens (tertiary/aromatic N) is 1. The van der Waals surface area contributed by atoms with Crippen LogP contribution < -0.4 is 10.6 Å². The van der Waals surface area contributed by atoms with E-state index < -0.39 is 0 Å². The zero-order chi connectivity index (χ0) is 17.0. The van der Waals surface area contributed by atoms with Gasteiger partial charge in [0, 0.05) is 30.6 Å². The van der Waals surface area contributed by atoms with Gasteiger partial charge in [-0.2, -0.15) is 0 Å². The maximum Gasteiger partial charge on any atom is 0.317 e. The van der Waals surface area contributed by atoms with Crippen LogP contribution >= 0.6 is 0 Å². The van der Waals surface area contributed by atoms with Crippen LogP contribution in [0.1, 0.15) is 64.2 Å². The van der Waals surface area contributed by atoms with Gasteiger partial charge in [0.15, 0.2) is 0 Å². The van der Waals surface area contributed by atoms with Crippen LogP contribution in [0.3, 0.4) is 0 Å². The highest BCUT2D eigenvalue weighted by Gasteiger charge is 2.51. The summed E-state index contributed by atoms with van der Waals surface area (Å²) < 4.78 is 0. The van der Waals surface area contributed by atoms with Crippen molar-refractivity contribution in [3.05, 3.63) is 0 Å². The normalized spacial score (nSPS) is 40.2. The summed E-state index contributed by atoms with van der Waals surface area (Å²) in [4.78, 5) is 27.0. The van der Waals surface area contributed by atoms with E-state index in [0.29, 0.717) is 6.04 Å². The monoisotopic (exact) mass is 345 g/mol. The van der Waals surface area contributed by atoms with Crippen molar-refractivity contribution in [1.29, 1.82) is 0 Å². The van der Waals surface area contributed by atoms with Gasteiger partial charge in [0.05, 0.1) is 0 Å². The first-order valence-corrected chi connectivity index (χ1v) is 10.5. The first-order chi connectivity index (χ1) is 12.1. The van der Waals surface area contributed by atoms with E-state index in [9.17, 15) is 9.59 Å². The molecule has 0 atom stereocenters. The van der Waals surface area contributed by atoms with Crippen LogP contribution in [0.25, 0.3) is 0 Å². The summed E-state index contributed by atoms with van der Waals surface area (Å²) in [6, 6.07) is 0.479. The number of rotatable bonds is 3. The Labute approximate surface area is 150 Å². The third-order valence-electron chi connectivity index (χ3n) is 7.48. The Kier molecular flexibility index (Phi) is 3.75. The molecule has 25 heavy (non-hydrogen) atoms. The SMILES string of the molecule is O=C(NC12CC3CC(CC(C3)C1)C2)C1CCN(C(=O)NC2CC2)CC1. The van der Waals surface area contributed by atoms with Gasteiger partial charge in [-0.25, -0.2) is 4.79 Å². The minimum Gasteiger partial charge on any atom is -0.350 e. The summed E-state index contributed by atoms with van der Waals surface area (Å²) in [6.45, 7) is 1.44. The van der Waals surface area contributed by atoms with E-state index >= 15 is 0 Å². The van der Waals surface area contributed by atoms with Crippen molar-refractivity contribution >= 4 is 11.9 Å². The largest absolute Gasteiger partial charge is 0.350 e. The third-order valence-corrected chi connectivity index (χ3v) is 7.48. The molecule has 0 aromatic carbocycles. The maximum atomic E-state index is 12.9. The number of hydrogen-bond acceptors (Lipinski definition) is 2. The summed E-state index contributed by atoms with van der Waals surface area (Å²) in [5.41, 5.74) is 0.117. The lowest BCUT2D eigenvalue weighted by Crippen LogP contribution is -2.61. The fourth-order valence-electron chi connectivity index (χ4n) is 6.47. The quantitative estimate of drug-likeness (QED) is 0.826. The van der Waals surface area contributed by atoms with Gasteiger partial charge in [-0.15, -0.1) is 0 Å². The van der Waals surface area contributed by atoms with Gasteiger partial charge in [-0.05, 0) is 82.0 Å². The van der Waals surface area contributed by atoms with Gasteiger partial charge < -0.3 is 15.5 Å². The van der Waals surface area contributed by atoms with Crippen LogP contribution in [0.2, 0.25) is 0 Å². The van der Waals surface area contributed by atoms with Crippen LogP contribution in [0, 0.1) is 23.7 Å². The van der Waals surface area contributed by atoms with E-state index in [-0.39, 0.29) is 23.4 Å². The molecular weight excluding hydrogens is 314 g/mol. The van der Waals surface area contributed by atoms with Gasteiger partial charge in [0.25, 0.3) is 0 Å². The van der Waals surface area contributed by atoms with Crippen molar-refractivity contribution in [3.8, 4) is 0 Å². The molecule has 5 heteroatoms. The number of urea groups is 1. The molecule has 138 valence electrons. The summed E-state index contributed by atoms with van der Waals surface area (Å²) in [7, 11) is 0. The molecule has 1 heterocycles. The average molecular weight is 345 g/mol. The zero-order valence-electron chi connectivity index (χ0n) is 15.1.